The van der Waals surface area contributed by atoms with Crippen molar-refractivity contribution in [1.29, 1.82) is 0 Å². The molecule has 1 fully saturated rings. The van der Waals surface area contributed by atoms with Crippen molar-refractivity contribution in [3.63, 3.8) is 0 Å². The van der Waals surface area contributed by atoms with Crippen LogP contribution in [0.25, 0.3) is 22.1 Å². The molecule has 206 valence electrons. The molecule has 1 amide bonds. The van der Waals surface area contributed by atoms with Gasteiger partial charge in [-0.1, -0.05) is 0 Å². The number of fused-ring (bicyclic) bond motifs is 2. The molecular weight excluding hydrogens is 524 g/mol. The van der Waals surface area contributed by atoms with Gasteiger partial charge in [0.2, 0.25) is 0 Å². The summed E-state index contributed by atoms with van der Waals surface area (Å²) < 4.78 is 57.3. The third-order valence-corrected chi connectivity index (χ3v) is 7.57. The first-order valence-corrected chi connectivity index (χ1v) is 13.0. The summed E-state index contributed by atoms with van der Waals surface area (Å²) in [7, 11) is 1.80. The molecule has 3 heterocycles. The van der Waals surface area contributed by atoms with Crippen molar-refractivity contribution in [2.45, 2.75) is 19.3 Å². The monoisotopic (exact) mass is 550 g/mol. The number of hydrogen-bond donors (Lipinski definition) is 1. The molecule has 11 heteroatoms. The number of carbonyl (C=O) groups is 1. The summed E-state index contributed by atoms with van der Waals surface area (Å²) in [5, 5.41) is 0. The summed E-state index contributed by atoms with van der Waals surface area (Å²) in [5.41, 5.74) is 2.21. The fraction of sp³-hybridized carbons (Fsp3) is 0.276. The second kappa shape index (κ2) is 9.96. The number of nitrogens with zero attached hydrogens (tertiary/aromatic N) is 5. The highest BCUT2D eigenvalue weighted by Crippen LogP contribution is 2.29. The van der Waals surface area contributed by atoms with Crippen LogP contribution in [0, 0.1) is 23.3 Å². The number of carbonyl (C=O) groups excluding carboxylic acids is 1. The van der Waals surface area contributed by atoms with Gasteiger partial charge in [-0.2, -0.15) is 0 Å². The number of benzene rings is 3. The lowest BCUT2D eigenvalue weighted by atomic mass is 10.1. The van der Waals surface area contributed by atoms with E-state index in [9.17, 15) is 22.4 Å². The molecule has 6 rings (SSSR count). The van der Waals surface area contributed by atoms with Gasteiger partial charge in [-0.05, 0) is 55.8 Å². The average Bonchev–Trinajstić information content (AvgIpc) is 3.45. The molecule has 0 bridgehead atoms. The zero-order valence-electron chi connectivity index (χ0n) is 21.9. The predicted molar refractivity (Wildman–Crippen MR) is 143 cm³/mol. The molecule has 7 nitrogen and oxygen atoms in total. The van der Waals surface area contributed by atoms with E-state index in [0.717, 1.165) is 24.2 Å². The van der Waals surface area contributed by atoms with Gasteiger partial charge in [0.25, 0.3) is 5.91 Å². The van der Waals surface area contributed by atoms with Gasteiger partial charge in [0.05, 0.1) is 17.0 Å². The van der Waals surface area contributed by atoms with E-state index < -0.39 is 23.4 Å². The van der Waals surface area contributed by atoms with Gasteiger partial charge in [-0.15, -0.1) is 0 Å². The third kappa shape index (κ3) is 4.44. The third-order valence-electron chi connectivity index (χ3n) is 7.57. The first-order chi connectivity index (χ1) is 19.2. The van der Waals surface area contributed by atoms with Crippen LogP contribution in [0.2, 0.25) is 0 Å². The lowest BCUT2D eigenvalue weighted by Gasteiger charge is -2.23. The van der Waals surface area contributed by atoms with Crippen LogP contribution in [-0.4, -0.2) is 56.5 Å². The predicted octanol–water partition coefficient (Wildman–Crippen LogP) is 5.51. The molecule has 0 radical (unpaired) electrons. The van der Waals surface area contributed by atoms with Crippen LogP contribution in [0.5, 0.6) is 0 Å². The summed E-state index contributed by atoms with van der Waals surface area (Å²) in [4.78, 5) is 29.0. The number of H-pyrrole nitrogens is 1. The second-order valence-corrected chi connectivity index (χ2v) is 10.1. The number of halogens is 4. The highest BCUT2D eigenvalue weighted by molar-refractivity contribution is 5.97. The summed E-state index contributed by atoms with van der Waals surface area (Å²) in [5.74, 6) is -3.52. The molecule has 1 N–H and O–H groups in total. The maximum Gasteiger partial charge on any atom is 0.253 e. The molecule has 1 saturated heterocycles. The summed E-state index contributed by atoms with van der Waals surface area (Å²) in [6, 6.07) is 12.1. The van der Waals surface area contributed by atoms with E-state index in [-0.39, 0.29) is 28.6 Å². The first-order valence-electron chi connectivity index (χ1n) is 13.0. The van der Waals surface area contributed by atoms with Crippen LogP contribution in [0.4, 0.5) is 23.2 Å². The Labute approximate surface area is 227 Å². The van der Waals surface area contributed by atoms with Crippen molar-refractivity contribution in [3.8, 4) is 0 Å². The lowest BCUT2D eigenvalue weighted by Crippen LogP contribution is -2.35. The van der Waals surface area contributed by atoms with Crippen molar-refractivity contribution in [1.82, 2.24) is 24.4 Å². The van der Waals surface area contributed by atoms with Crippen molar-refractivity contribution >= 4 is 33.7 Å². The fourth-order valence-corrected chi connectivity index (χ4v) is 5.35. The Bertz CT molecular complexity index is 1750. The van der Waals surface area contributed by atoms with Gasteiger partial charge in [-0.25, -0.2) is 27.5 Å². The molecule has 1 aliphatic heterocycles. The van der Waals surface area contributed by atoms with Gasteiger partial charge in [-0.3, -0.25) is 4.79 Å². The minimum atomic E-state index is -1.29. The molecule has 40 heavy (non-hydrogen) atoms. The number of aromatic amines is 1. The minimum absolute atomic E-state index is 0.0936. The Morgan fingerprint density at radius 1 is 0.925 bits per heavy atom. The quantitative estimate of drug-likeness (QED) is 0.237. The molecule has 0 saturated carbocycles. The smallest absolute Gasteiger partial charge is 0.253 e. The summed E-state index contributed by atoms with van der Waals surface area (Å²) in [6.45, 7) is 4.31. The van der Waals surface area contributed by atoms with Crippen LogP contribution in [-0.2, 0) is 7.05 Å². The molecular formula is C29H26F4N6O. The number of rotatable bonds is 4. The number of aromatic nitrogens is 4. The maximum atomic E-state index is 14.2. The van der Waals surface area contributed by atoms with Crippen molar-refractivity contribution < 1.29 is 22.4 Å². The lowest BCUT2D eigenvalue weighted by molar-refractivity contribution is 0.0767. The zero-order valence-corrected chi connectivity index (χ0v) is 21.9. The number of aryl methyl sites for hydroxylation is 1. The van der Waals surface area contributed by atoms with E-state index in [1.165, 1.54) is 12.1 Å². The highest BCUT2D eigenvalue weighted by Gasteiger charge is 2.25. The van der Waals surface area contributed by atoms with Gasteiger partial charge >= 0.3 is 0 Å². The average molecular weight is 551 g/mol. The number of amides is 1. The van der Waals surface area contributed by atoms with E-state index in [4.69, 9.17) is 0 Å². The van der Waals surface area contributed by atoms with E-state index in [1.54, 1.807) is 44.3 Å². The largest absolute Gasteiger partial charge is 0.370 e. The molecule has 1 aliphatic rings. The molecule has 2 aromatic heterocycles. The van der Waals surface area contributed by atoms with Crippen molar-refractivity contribution in [3.05, 3.63) is 89.0 Å². The van der Waals surface area contributed by atoms with Crippen LogP contribution in [0.3, 0.4) is 0 Å². The van der Waals surface area contributed by atoms with Crippen molar-refractivity contribution in [2.24, 2.45) is 7.05 Å². The van der Waals surface area contributed by atoms with Crippen molar-refractivity contribution in [2.75, 3.05) is 31.1 Å². The standard InChI is InChI=1S/C29H26F4N6O/c1-16(27-35-25-21(32)15-20(31)24(33)26(25)36-27)28-34-22-9-4-17(14-23(22)37(28)2)29(40)39-11-3-10-38(12-13-39)19-7-5-18(30)6-8-19/h4-9,14-16H,3,10-13H2,1-2H3,(H,35,36). The van der Waals surface area contributed by atoms with Crippen LogP contribution in [0.1, 0.15) is 41.3 Å². The second-order valence-electron chi connectivity index (χ2n) is 10.1. The number of anilines is 1. The Morgan fingerprint density at radius 3 is 2.48 bits per heavy atom. The molecule has 1 atom stereocenters. The Hall–Kier alpha value is -4.41. The fourth-order valence-electron chi connectivity index (χ4n) is 5.35. The SMILES string of the molecule is CC(c1nc2c(F)cc(F)c(F)c2[nH]1)c1nc2ccc(C(=O)N3CCCN(c4ccc(F)cc4)CC3)cc2n1C. The molecule has 0 spiro atoms. The zero-order chi connectivity index (χ0) is 28.1. The Morgan fingerprint density at radius 2 is 1.70 bits per heavy atom. The van der Waals surface area contributed by atoms with E-state index >= 15 is 0 Å². The number of nitrogens with one attached hydrogen (secondary N) is 1. The number of hydrogen-bond acceptors (Lipinski definition) is 4. The van der Waals surface area contributed by atoms with Gasteiger partial charge in [0.15, 0.2) is 17.5 Å². The summed E-state index contributed by atoms with van der Waals surface area (Å²) >= 11 is 0. The molecule has 0 aliphatic carbocycles. The molecule has 3 aromatic carbocycles. The van der Waals surface area contributed by atoms with E-state index in [1.807, 2.05) is 9.47 Å². The van der Waals surface area contributed by atoms with Gasteiger partial charge < -0.3 is 19.4 Å². The maximum absolute atomic E-state index is 14.2. The Kier molecular flexibility index (Phi) is 6.44. The molecule has 1 unspecified atom stereocenters. The van der Waals surface area contributed by atoms with E-state index in [0.29, 0.717) is 42.6 Å². The number of imidazole rings is 2. The minimum Gasteiger partial charge on any atom is -0.370 e. The highest BCUT2D eigenvalue weighted by atomic mass is 19.2. The topological polar surface area (TPSA) is 70.1 Å². The normalized spacial score (nSPS) is 15.2. The summed E-state index contributed by atoms with van der Waals surface area (Å²) in [6.07, 6.45) is 0.779. The molecule has 5 aromatic rings. The van der Waals surface area contributed by atoms with Crippen LogP contribution in [0.15, 0.2) is 48.5 Å². The van der Waals surface area contributed by atoms with Gasteiger partial charge in [0, 0.05) is 50.5 Å². The van der Waals surface area contributed by atoms with Gasteiger partial charge in [0.1, 0.15) is 28.5 Å². The first kappa shape index (κ1) is 25.8. The Balaban J connectivity index is 1.24. The van der Waals surface area contributed by atoms with Crippen LogP contribution >= 0.6 is 0 Å². The van der Waals surface area contributed by atoms with E-state index in [2.05, 4.69) is 19.9 Å². The van der Waals surface area contributed by atoms with Crippen LogP contribution < -0.4 is 4.90 Å².